The standard InChI is InChI=1S/C12H21N3/c1-13-8-4-7-11-9-12(15(2)14-11)10-5-3-6-10/h9-10,13H,3-8H2,1-2H3. The van der Waals surface area contributed by atoms with E-state index in [0.29, 0.717) is 0 Å². The van der Waals surface area contributed by atoms with Crippen LogP contribution in [0.5, 0.6) is 0 Å². The molecule has 0 amide bonds. The first-order chi connectivity index (χ1) is 7.31. The summed E-state index contributed by atoms with van der Waals surface area (Å²) in [5, 5.41) is 7.74. The summed E-state index contributed by atoms with van der Waals surface area (Å²) in [5.41, 5.74) is 2.70. The largest absolute Gasteiger partial charge is 0.320 e. The quantitative estimate of drug-likeness (QED) is 0.747. The molecule has 2 rings (SSSR count). The summed E-state index contributed by atoms with van der Waals surface area (Å²) in [5.74, 6) is 0.792. The predicted molar refractivity (Wildman–Crippen MR) is 62.0 cm³/mol. The third-order valence-corrected chi connectivity index (χ3v) is 3.35. The Balaban J connectivity index is 1.94. The number of hydrogen-bond donors (Lipinski definition) is 1. The predicted octanol–water partition coefficient (Wildman–Crippen LogP) is 1.84. The SMILES string of the molecule is CNCCCc1cc(C2CCC2)n(C)n1. The van der Waals surface area contributed by atoms with E-state index in [-0.39, 0.29) is 0 Å². The highest BCUT2D eigenvalue weighted by atomic mass is 15.3. The number of rotatable bonds is 5. The average Bonchev–Trinajstić information content (AvgIpc) is 2.46. The molecule has 1 aliphatic carbocycles. The number of aromatic nitrogens is 2. The minimum Gasteiger partial charge on any atom is -0.320 e. The van der Waals surface area contributed by atoms with Crippen molar-refractivity contribution < 1.29 is 0 Å². The third kappa shape index (κ3) is 2.40. The van der Waals surface area contributed by atoms with Crippen LogP contribution >= 0.6 is 0 Å². The second-order valence-electron chi connectivity index (χ2n) is 4.52. The van der Waals surface area contributed by atoms with Gasteiger partial charge in [-0.25, -0.2) is 0 Å². The molecule has 15 heavy (non-hydrogen) atoms. The van der Waals surface area contributed by atoms with Gasteiger partial charge in [0, 0.05) is 18.7 Å². The summed E-state index contributed by atoms with van der Waals surface area (Å²) in [6.45, 7) is 1.08. The zero-order valence-electron chi connectivity index (χ0n) is 9.79. The van der Waals surface area contributed by atoms with Crippen molar-refractivity contribution in [2.24, 2.45) is 7.05 Å². The van der Waals surface area contributed by atoms with Crippen LogP contribution in [0.3, 0.4) is 0 Å². The average molecular weight is 207 g/mol. The van der Waals surface area contributed by atoms with Crippen LogP contribution in [0, 0.1) is 0 Å². The number of hydrogen-bond acceptors (Lipinski definition) is 2. The molecule has 0 bridgehead atoms. The Kier molecular flexibility index (Phi) is 3.41. The Hall–Kier alpha value is -0.830. The monoisotopic (exact) mass is 207 g/mol. The number of aryl methyl sites for hydroxylation is 2. The van der Waals surface area contributed by atoms with Crippen LogP contribution in [0.25, 0.3) is 0 Å². The lowest BCUT2D eigenvalue weighted by atomic mass is 9.83. The van der Waals surface area contributed by atoms with Gasteiger partial charge in [0.15, 0.2) is 0 Å². The molecule has 0 radical (unpaired) electrons. The molecule has 3 heteroatoms. The van der Waals surface area contributed by atoms with Crippen LogP contribution in [0.15, 0.2) is 6.07 Å². The fraction of sp³-hybridized carbons (Fsp3) is 0.750. The van der Waals surface area contributed by atoms with Crippen LogP contribution in [-0.4, -0.2) is 23.4 Å². The maximum atomic E-state index is 4.57. The summed E-state index contributed by atoms with van der Waals surface area (Å²) in [4.78, 5) is 0. The highest BCUT2D eigenvalue weighted by Gasteiger charge is 2.22. The van der Waals surface area contributed by atoms with Crippen molar-refractivity contribution in [2.75, 3.05) is 13.6 Å². The van der Waals surface area contributed by atoms with Gasteiger partial charge in [0.05, 0.1) is 5.69 Å². The summed E-state index contributed by atoms with van der Waals surface area (Å²) < 4.78 is 2.08. The van der Waals surface area contributed by atoms with Gasteiger partial charge in [0.2, 0.25) is 0 Å². The van der Waals surface area contributed by atoms with Crippen LogP contribution in [0.1, 0.15) is 43.0 Å². The highest BCUT2D eigenvalue weighted by molar-refractivity contribution is 5.16. The molecule has 0 aromatic carbocycles. The van der Waals surface area contributed by atoms with Crippen LogP contribution < -0.4 is 5.32 Å². The van der Waals surface area contributed by atoms with Gasteiger partial charge in [-0.3, -0.25) is 4.68 Å². The molecule has 1 aliphatic rings. The van der Waals surface area contributed by atoms with Crippen molar-refractivity contribution >= 4 is 0 Å². The second-order valence-corrected chi connectivity index (χ2v) is 4.52. The van der Waals surface area contributed by atoms with Crippen molar-refractivity contribution in [1.82, 2.24) is 15.1 Å². The lowest BCUT2D eigenvalue weighted by molar-refractivity contribution is 0.397. The first-order valence-electron chi connectivity index (χ1n) is 5.98. The van der Waals surface area contributed by atoms with E-state index in [1.165, 1.54) is 37.1 Å². The maximum absolute atomic E-state index is 4.57. The van der Waals surface area contributed by atoms with Crippen molar-refractivity contribution in [1.29, 1.82) is 0 Å². The molecule has 1 N–H and O–H groups in total. The van der Waals surface area contributed by atoms with Gasteiger partial charge >= 0.3 is 0 Å². The Morgan fingerprint density at radius 2 is 2.33 bits per heavy atom. The first-order valence-corrected chi connectivity index (χ1v) is 5.98. The number of nitrogens with zero attached hydrogens (tertiary/aromatic N) is 2. The van der Waals surface area contributed by atoms with Gasteiger partial charge in [-0.15, -0.1) is 0 Å². The molecule has 1 heterocycles. The fourth-order valence-electron chi connectivity index (χ4n) is 2.20. The molecule has 1 fully saturated rings. The van der Waals surface area contributed by atoms with E-state index in [2.05, 4.69) is 28.2 Å². The molecular formula is C12H21N3. The Labute approximate surface area is 91.9 Å². The van der Waals surface area contributed by atoms with Crippen LogP contribution in [-0.2, 0) is 13.5 Å². The molecule has 84 valence electrons. The fourth-order valence-corrected chi connectivity index (χ4v) is 2.20. The summed E-state index contributed by atoms with van der Waals surface area (Å²) >= 11 is 0. The molecule has 3 nitrogen and oxygen atoms in total. The maximum Gasteiger partial charge on any atom is 0.0628 e. The minimum atomic E-state index is 0.792. The van der Waals surface area contributed by atoms with Crippen LogP contribution in [0.4, 0.5) is 0 Å². The lowest BCUT2D eigenvalue weighted by Gasteiger charge is -2.25. The van der Waals surface area contributed by atoms with Crippen LogP contribution in [0.2, 0.25) is 0 Å². The van der Waals surface area contributed by atoms with Gasteiger partial charge in [-0.2, -0.15) is 5.10 Å². The number of nitrogens with one attached hydrogen (secondary N) is 1. The zero-order chi connectivity index (χ0) is 10.7. The van der Waals surface area contributed by atoms with E-state index in [1.54, 1.807) is 0 Å². The van der Waals surface area contributed by atoms with Gasteiger partial charge in [0.1, 0.15) is 0 Å². The molecule has 0 saturated heterocycles. The summed E-state index contributed by atoms with van der Waals surface area (Å²) in [6.07, 6.45) is 6.38. The van der Waals surface area contributed by atoms with E-state index in [9.17, 15) is 0 Å². The van der Waals surface area contributed by atoms with Gasteiger partial charge in [-0.05, 0) is 45.3 Å². The van der Waals surface area contributed by atoms with Gasteiger partial charge in [0.25, 0.3) is 0 Å². The molecule has 1 aromatic rings. The molecule has 0 spiro atoms. The van der Waals surface area contributed by atoms with Crippen molar-refractivity contribution in [3.8, 4) is 0 Å². The van der Waals surface area contributed by atoms with Crippen molar-refractivity contribution in [3.63, 3.8) is 0 Å². The van der Waals surface area contributed by atoms with E-state index < -0.39 is 0 Å². The minimum absolute atomic E-state index is 0.792. The Morgan fingerprint density at radius 3 is 2.93 bits per heavy atom. The Bertz CT molecular complexity index is 313. The van der Waals surface area contributed by atoms with Crippen molar-refractivity contribution in [2.45, 2.75) is 38.0 Å². The van der Waals surface area contributed by atoms with E-state index in [0.717, 1.165) is 18.9 Å². The summed E-state index contributed by atoms with van der Waals surface area (Å²) in [7, 11) is 4.08. The van der Waals surface area contributed by atoms with E-state index in [4.69, 9.17) is 0 Å². The topological polar surface area (TPSA) is 29.9 Å². The molecular weight excluding hydrogens is 186 g/mol. The van der Waals surface area contributed by atoms with Crippen molar-refractivity contribution in [3.05, 3.63) is 17.5 Å². The second kappa shape index (κ2) is 4.79. The molecule has 0 unspecified atom stereocenters. The normalized spacial score (nSPS) is 16.7. The van der Waals surface area contributed by atoms with E-state index >= 15 is 0 Å². The third-order valence-electron chi connectivity index (χ3n) is 3.35. The molecule has 0 aliphatic heterocycles. The van der Waals surface area contributed by atoms with Gasteiger partial charge < -0.3 is 5.32 Å². The zero-order valence-corrected chi connectivity index (χ0v) is 9.79. The first kappa shape index (κ1) is 10.7. The Morgan fingerprint density at radius 1 is 1.53 bits per heavy atom. The highest BCUT2D eigenvalue weighted by Crippen LogP contribution is 2.36. The van der Waals surface area contributed by atoms with E-state index in [1.807, 2.05) is 7.05 Å². The smallest absolute Gasteiger partial charge is 0.0628 e. The summed E-state index contributed by atoms with van der Waals surface area (Å²) in [6, 6.07) is 2.31. The lowest BCUT2D eigenvalue weighted by Crippen LogP contribution is -2.12. The van der Waals surface area contributed by atoms with Gasteiger partial charge in [-0.1, -0.05) is 6.42 Å². The molecule has 0 atom stereocenters. The molecule has 1 aromatic heterocycles. The molecule has 1 saturated carbocycles.